The number of aromatic nitrogens is 1. The average Bonchev–Trinajstić information content (AvgIpc) is 2.49. The van der Waals surface area contributed by atoms with Crippen LogP contribution in [0.25, 0.3) is 10.9 Å². The fourth-order valence-electron chi connectivity index (χ4n) is 2.84. The molecule has 2 aromatic rings. The first-order chi connectivity index (χ1) is 9.70. The maximum atomic E-state index is 10.1. The first kappa shape index (κ1) is 13.2. The lowest BCUT2D eigenvalue weighted by Gasteiger charge is -2.36. The molecule has 4 heteroatoms. The number of pyridine rings is 1. The highest BCUT2D eigenvalue weighted by Gasteiger charge is 2.25. The lowest BCUT2D eigenvalue weighted by molar-refractivity contribution is 0.103. The summed E-state index contributed by atoms with van der Waals surface area (Å²) in [4.78, 5) is 6.67. The summed E-state index contributed by atoms with van der Waals surface area (Å²) in [5.74, 6) is 1.16. The van der Waals surface area contributed by atoms with Crippen LogP contribution in [0.4, 0.5) is 5.69 Å². The number of para-hydroxylation sites is 1. The first-order valence-corrected chi connectivity index (χ1v) is 7.05. The van der Waals surface area contributed by atoms with Crippen LogP contribution < -0.4 is 9.64 Å². The Kier molecular flexibility index (Phi) is 3.49. The molecule has 2 atom stereocenters. The molecule has 0 saturated carbocycles. The first-order valence-electron chi connectivity index (χ1n) is 7.05. The molecule has 2 unspecified atom stereocenters. The van der Waals surface area contributed by atoms with Crippen LogP contribution in [-0.2, 0) is 0 Å². The van der Waals surface area contributed by atoms with Gasteiger partial charge in [0.15, 0.2) is 0 Å². The fraction of sp³-hybridized carbons (Fsp3) is 0.438. The highest BCUT2D eigenvalue weighted by Crippen LogP contribution is 2.32. The molecule has 1 N–H and O–H groups in total. The highest BCUT2D eigenvalue weighted by atomic mass is 16.5. The average molecular weight is 272 g/mol. The van der Waals surface area contributed by atoms with E-state index in [1.165, 1.54) is 0 Å². The van der Waals surface area contributed by atoms with E-state index >= 15 is 0 Å². The number of aliphatic hydroxyl groups excluding tert-OH is 1. The van der Waals surface area contributed by atoms with Gasteiger partial charge in [0, 0.05) is 30.4 Å². The van der Waals surface area contributed by atoms with Gasteiger partial charge in [0.05, 0.1) is 13.2 Å². The molecule has 4 nitrogen and oxygen atoms in total. The van der Waals surface area contributed by atoms with Gasteiger partial charge in [0.2, 0.25) is 0 Å². The van der Waals surface area contributed by atoms with Crippen LogP contribution in [-0.4, -0.2) is 36.4 Å². The van der Waals surface area contributed by atoms with Gasteiger partial charge in [-0.15, -0.1) is 0 Å². The number of anilines is 1. The molecule has 0 amide bonds. The van der Waals surface area contributed by atoms with Crippen molar-refractivity contribution in [1.29, 1.82) is 0 Å². The molecule has 1 aliphatic heterocycles. The van der Waals surface area contributed by atoms with E-state index in [4.69, 9.17) is 4.74 Å². The number of aliphatic hydroxyl groups is 1. The second-order valence-corrected chi connectivity index (χ2v) is 5.47. The zero-order valence-electron chi connectivity index (χ0n) is 11.9. The summed E-state index contributed by atoms with van der Waals surface area (Å²) >= 11 is 0. The normalized spacial score (nSPS) is 23.1. The van der Waals surface area contributed by atoms with Crippen LogP contribution >= 0.6 is 0 Å². The van der Waals surface area contributed by atoms with Gasteiger partial charge in [0.1, 0.15) is 11.3 Å². The van der Waals surface area contributed by atoms with E-state index in [0.29, 0.717) is 12.5 Å². The van der Waals surface area contributed by atoms with E-state index in [2.05, 4.69) is 22.9 Å². The Morgan fingerprint density at radius 1 is 1.35 bits per heavy atom. The van der Waals surface area contributed by atoms with Crippen molar-refractivity contribution < 1.29 is 9.84 Å². The number of rotatable bonds is 2. The third kappa shape index (κ3) is 2.20. The highest BCUT2D eigenvalue weighted by molar-refractivity contribution is 5.95. The molecule has 1 aromatic heterocycles. The number of β-amino-alcohol motifs (C(OH)–C–C–N with tert-alkyl or cyclic N) is 1. The van der Waals surface area contributed by atoms with Crippen molar-refractivity contribution >= 4 is 16.6 Å². The van der Waals surface area contributed by atoms with Gasteiger partial charge in [-0.1, -0.05) is 19.1 Å². The lowest BCUT2D eigenvalue weighted by Crippen LogP contribution is -2.43. The van der Waals surface area contributed by atoms with Crippen LogP contribution in [0, 0.1) is 5.92 Å². The largest absolute Gasteiger partial charge is 0.494 e. The zero-order valence-corrected chi connectivity index (χ0v) is 11.9. The molecule has 0 radical (unpaired) electrons. The van der Waals surface area contributed by atoms with Gasteiger partial charge < -0.3 is 14.7 Å². The van der Waals surface area contributed by atoms with Crippen LogP contribution in [0.2, 0.25) is 0 Å². The second-order valence-electron chi connectivity index (χ2n) is 5.47. The number of benzene rings is 1. The molecule has 2 heterocycles. The van der Waals surface area contributed by atoms with E-state index in [1.54, 1.807) is 7.11 Å². The number of methoxy groups -OCH3 is 1. The van der Waals surface area contributed by atoms with E-state index < -0.39 is 0 Å². The summed E-state index contributed by atoms with van der Waals surface area (Å²) in [5, 5.41) is 11.2. The fourth-order valence-corrected chi connectivity index (χ4v) is 2.84. The predicted octanol–water partition coefficient (Wildman–Crippen LogP) is 2.45. The molecule has 1 aliphatic rings. The number of ether oxygens (including phenoxy) is 1. The van der Waals surface area contributed by atoms with Crippen LogP contribution in [0.5, 0.6) is 5.75 Å². The van der Waals surface area contributed by atoms with Crippen molar-refractivity contribution in [2.75, 3.05) is 25.1 Å². The molecular weight excluding hydrogens is 252 g/mol. The molecule has 0 spiro atoms. The molecule has 1 aromatic carbocycles. The second kappa shape index (κ2) is 5.29. The molecule has 3 rings (SSSR count). The van der Waals surface area contributed by atoms with Gasteiger partial charge in [-0.25, -0.2) is 0 Å². The van der Waals surface area contributed by atoms with Crippen molar-refractivity contribution in [2.24, 2.45) is 5.92 Å². The number of nitrogens with zero attached hydrogens (tertiary/aromatic N) is 2. The SMILES string of the molecule is COc1cccc2c(N3CCC(C)C(O)C3)ccnc12. The number of hydrogen-bond donors (Lipinski definition) is 1. The third-order valence-corrected chi connectivity index (χ3v) is 4.19. The molecular formula is C16H20N2O2. The number of piperidine rings is 1. The maximum Gasteiger partial charge on any atom is 0.145 e. The molecule has 0 bridgehead atoms. The molecule has 1 saturated heterocycles. The van der Waals surface area contributed by atoms with Crippen LogP contribution in [0.3, 0.4) is 0 Å². The van der Waals surface area contributed by atoms with Crippen molar-refractivity contribution in [3.05, 3.63) is 30.5 Å². The molecule has 0 aliphatic carbocycles. The van der Waals surface area contributed by atoms with E-state index in [0.717, 1.165) is 35.3 Å². The predicted molar refractivity (Wildman–Crippen MR) is 80.3 cm³/mol. The van der Waals surface area contributed by atoms with Gasteiger partial charge >= 0.3 is 0 Å². The van der Waals surface area contributed by atoms with Crippen molar-refractivity contribution in [3.8, 4) is 5.75 Å². The zero-order chi connectivity index (χ0) is 14.1. The topological polar surface area (TPSA) is 45.6 Å². The van der Waals surface area contributed by atoms with E-state index in [-0.39, 0.29) is 6.10 Å². The summed E-state index contributed by atoms with van der Waals surface area (Å²) in [6.45, 7) is 3.75. The standard InChI is InChI=1S/C16H20N2O2/c1-11-7-9-18(10-14(11)19)13-6-8-17-16-12(13)4-3-5-15(16)20-2/h3-6,8,11,14,19H,7,9-10H2,1-2H3. The summed E-state index contributed by atoms with van der Waals surface area (Å²) in [5.41, 5.74) is 2.00. The summed E-state index contributed by atoms with van der Waals surface area (Å²) < 4.78 is 5.38. The quantitative estimate of drug-likeness (QED) is 0.912. The molecule has 20 heavy (non-hydrogen) atoms. The smallest absolute Gasteiger partial charge is 0.145 e. The van der Waals surface area contributed by atoms with E-state index in [1.807, 2.05) is 24.4 Å². The number of fused-ring (bicyclic) bond motifs is 1. The minimum absolute atomic E-state index is 0.266. The number of hydrogen-bond acceptors (Lipinski definition) is 4. The van der Waals surface area contributed by atoms with Gasteiger partial charge in [0.25, 0.3) is 0 Å². The Balaban J connectivity index is 2.04. The van der Waals surface area contributed by atoms with Gasteiger partial charge in [-0.2, -0.15) is 0 Å². The van der Waals surface area contributed by atoms with Crippen molar-refractivity contribution in [1.82, 2.24) is 4.98 Å². The summed E-state index contributed by atoms with van der Waals surface area (Å²) in [6, 6.07) is 7.98. The van der Waals surface area contributed by atoms with Crippen LogP contribution in [0.1, 0.15) is 13.3 Å². The van der Waals surface area contributed by atoms with Crippen molar-refractivity contribution in [3.63, 3.8) is 0 Å². The Morgan fingerprint density at radius 2 is 2.20 bits per heavy atom. The molecule has 106 valence electrons. The Hall–Kier alpha value is -1.81. The molecule has 1 fully saturated rings. The lowest BCUT2D eigenvalue weighted by atomic mass is 9.95. The Morgan fingerprint density at radius 3 is 2.95 bits per heavy atom. The Bertz CT molecular complexity index is 614. The minimum Gasteiger partial charge on any atom is -0.494 e. The summed E-state index contributed by atoms with van der Waals surface area (Å²) in [7, 11) is 1.66. The van der Waals surface area contributed by atoms with Gasteiger partial charge in [-0.05, 0) is 24.5 Å². The van der Waals surface area contributed by atoms with Crippen LogP contribution in [0.15, 0.2) is 30.5 Å². The van der Waals surface area contributed by atoms with Crippen molar-refractivity contribution in [2.45, 2.75) is 19.4 Å². The maximum absolute atomic E-state index is 10.1. The minimum atomic E-state index is -0.266. The Labute approximate surface area is 119 Å². The van der Waals surface area contributed by atoms with Gasteiger partial charge in [-0.3, -0.25) is 4.98 Å². The van der Waals surface area contributed by atoms with E-state index in [9.17, 15) is 5.11 Å². The third-order valence-electron chi connectivity index (χ3n) is 4.19. The monoisotopic (exact) mass is 272 g/mol. The summed E-state index contributed by atoms with van der Waals surface area (Å²) in [6.07, 6.45) is 2.55.